The molecule has 0 fully saturated rings. The number of methoxy groups -OCH3 is 1. The topological polar surface area (TPSA) is 63.2 Å². The van der Waals surface area contributed by atoms with E-state index in [4.69, 9.17) is 4.74 Å². The van der Waals surface area contributed by atoms with Crippen LogP contribution in [0, 0.1) is 0 Å². The molecule has 1 amide bonds. The lowest BCUT2D eigenvalue weighted by molar-refractivity contribution is 0.0950. The van der Waals surface area contributed by atoms with Crippen molar-refractivity contribution in [1.29, 1.82) is 0 Å². The molecule has 1 aromatic heterocycles. The molecule has 1 heterocycles. The Morgan fingerprint density at radius 2 is 1.82 bits per heavy atom. The molecule has 0 aliphatic heterocycles. The van der Waals surface area contributed by atoms with Crippen LogP contribution in [0.5, 0.6) is 5.75 Å². The van der Waals surface area contributed by atoms with Crippen LogP contribution < -0.4 is 15.4 Å². The number of carbonyl (C=O) groups excluding carboxylic acids is 1. The Balaban J connectivity index is 1.50. The number of nitrogens with zero attached hydrogens (tertiary/aromatic N) is 1. The molecule has 0 saturated carbocycles. The maximum Gasteiger partial charge on any atom is 0.253 e. The zero-order valence-corrected chi connectivity index (χ0v) is 16.0. The summed E-state index contributed by atoms with van der Waals surface area (Å²) in [5, 5.41) is 6.26. The molecule has 28 heavy (non-hydrogen) atoms. The van der Waals surface area contributed by atoms with E-state index in [-0.39, 0.29) is 5.91 Å². The number of hydrogen-bond donors (Lipinski definition) is 2. The van der Waals surface area contributed by atoms with Crippen LogP contribution in [-0.4, -0.2) is 24.5 Å². The first-order valence-electron chi connectivity index (χ1n) is 9.39. The molecule has 2 aromatic carbocycles. The molecule has 0 aliphatic rings. The van der Waals surface area contributed by atoms with Crippen molar-refractivity contribution in [2.75, 3.05) is 19.0 Å². The summed E-state index contributed by atoms with van der Waals surface area (Å²) in [7, 11) is 1.62. The van der Waals surface area contributed by atoms with Crippen LogP contribution >= 0.6 is 0 Å². The van der Waals surface area contributed by atoms with E-state index in [0.717, 1.165) is 36.4 Å². The third-order valence-electron chi connectivity index (χ3n) is 4.45. The number of carbonyl (C=O) groups is 1. The van der Waals surface area contributed by atoms with E-state index in [2.05, 4.69) is 39.9 Å². The second-order valence-corrected chi connectivity index (χ2v) is 6.47. The molecule has 144 valence electrons. The summed E-state index contributed by atoms with van der Waals surface area (Å²) < 4.78 is 5.32. The highest BCUT2D eigenvalue weighted by molar-refractivity contribution is 5.94. The number of pyridine rings is 1. The van der Waals surface area contributed by atoms with Crippen molar-refractivity contribution in [3.05, 3.63) is 89.7 Å². The molecule has 0 atom stereocenters. The van der Waals surface area contributed by atoms with E-state index in [9.17, 15) is 4.79 Å². The monoisotopic (exact) mass is 375 g/mol. The molecule has 5 heteroatoms. The van der Waals surface area contributed by atoms with Gasteiger partial charge in [-0.15, -0.1) is 0 Å². The van der Waals surface area contributed by atoms with Crippen molar-refractivity contribution in [1.82, 2.24) is 10.3 Å². The summed E-state index contributed by atoms with van der Waals surface area (Å²) in [6.07, 6.45) is 5.33. The molecule has 3 rings (SSSR count). The Hall–Kier alpha value is -3.34. The van der Waals surface area contributed by atoms with Crippen LogP contribution in [0.25, 0.3) is 0 Å². The second-order valence-electron chi connectivity index (χ2n) is 6.47. The van der Waals surface area contributed by atoms with Crippen LogP contribution in [0.3, 0.4) is 0 Å². The Labute approximate surface area is 165 Å². The van der Waals surface area contributed by atoms with Gasteiger partial charge in [0.05, 0.1) is 18.4 Å². The number of aryl methyl sites for hydroxylation is 1. The van der Waals surface area contributed by atoms with Crippen molar-refractivity contribution < 1.29 is 9.53 Å². The van der Waals surface area contributed by atoms with Crippen LogP contribution in [0.15, 0.2) is 73.1 Å². The third kappa shape index (κ3) is 5.58. The first kappa shape index (κ1) is 19.4. The van der Waals surface area contributed by atoms with E-state index in [1.54, 1.807) is 19.5 Å². The molecule has 0 radical (unpaired) electrons. The van der Waals surface area contributed by atoms with Crippen LogP contribution in [-0.2, 0) is 13.0 Å². The van der Waals surface area contributed by atoms with Crippen LogP contribution in [0.1, 0.15) is 27.9 Å². The first-order chi connectivity index (χ1) is 13.8. The fourth-order valence-electron chi connectivity index (χ4n) is 2.96. The van der Waals surface area contributed by atoms with Gasteiger partial charge in [0.25, 0.3) is 5.91 Å². The summed E-state index contributed by atoms with van der Waals surface area (Å²) >= 11 is 0. The fraction of sp³-hybridized carbons (Fsp3) is 0.217. The average molecular weight is 375 g/mol. The number of aromatic nitrogens is 1. The maximum absolute atomic E-state index is 12.5. The Morgan fingerprint density at radius 1 is 1.04 bits per heavy atom. The highest BCUT2D eigenvalue weighted by Gasteiger charge is 2.09. The van der Waals surface area contributed by atoms with Gasteiger partial charge >= 0.3 is 0 Å². The van der Waals surface area contributed by atoms with E-state index in [1.807, 2.05) is 36.4 Å². The van der Waals surface area contributed by atoms with Gasteiger partial charge in [0, 0.05) is 31.0 Å². The number of rotatable bonds is 9. The normalized spacial score (nSPS) is 10.3. The standard InChI is InChI=1S/C23H25N3O2/c1-28-22-12-6-5-11-19(22)16-26-23(27)20-14-21(17-24-15-20)25-13-7-10-18-8-3-2-4-9-18/h2-6,8-9,11-12,14-15,17,25H,7,10,13,16H2,1H3,(H,26,27). The van der Waals surface area contributed by atoms with Gasteiger partial charge in [0.2, 0.25) is 0 Å². The van der Waals surface area contributed by atoms with Gasteiger partial charge in [-0.3, -0.25) is 9.78 Å². The molecule has 2 N–H and O–H groups in total. The van der Waals surface area contributed by atoms with Crippen molar-refractivity contribution in [3.8, 4) is 5.75 Å². The van der Waals surface area contributed by atoms with Gasteiger partial charge in [0.15, 0.2) is 0 Å². The van der Waals surface area contributed by atoms with Gasteiger partial charge in [-0.25, -0.2) is 0 Å². The lowest BCUT2D eigenvalue weighted by atomic mass is 10.1. The molecule has 0 saturated heterocycles. The Bertz CT molecular complexity index is 897. The number of anilines is 1. The van der Waals surface area contributed by atoms with Crippen molar-refractivity contribution in [2.24, 2.45) is 0 Å². The van der Waals surface area contributed by atoms with Gasteiger partial charge < -0.3 is 15.4 Å². The quantitative estimate of drug-likeness (QED) is 0.554. The van der Waals surface area contributed by atoms with Gasteiger partial charge in [-0.2, -0.15) is 0 Å². The molecular formula is C23H25N3O2. The van der Waals surface area contributed by atoms with Crippen molar-refractivity contribution in [3.63, 3.8) is 0 Å². The smallest absolute Gasteiger partial charge is 0.253 e. The highest BCUT2D eigenvalue weighted by Crippen LogP contribution is 2.17. The lowest BCUT2D eigenvalue weighted by Gasteiger charge is -2.10. The van der Waals surface area contributed by atoms with Gasteiger partial charge in [0.1, 0.15) is 5.75 Å². The predicted octanol–water partition coefficient (Wildman–Crippen LogP) is 4.06. The number of nitrogens with one attached hydrogen (secondary N) is 2. The zero-order chi connectivity index (χ0) is 19.6. The minimum Gasteiger partial charge on any atom is -0.496 e. The molecule has 0 unspecified atom stereocenters. The van der Waals surface area contributed by atoms with Gasteiger partial charge in [-0.1, -0.05) is 48.5 Å². The summed E-state index contributed by atoms with van der Waals surface area (Å²) in [4.78, 5) is 16.6. The SMILES string of the molecule is COc1ccccc1CNC(=O)c1cncc(NCCCc2ccccc2)c1. The number of hydrogen-bond acceptors (Lipinski definition) is 4. The molecular weight excluding hydrogens is 350 g/mol. The van der Waals surface area contributed by atoms with Crippen LogP contribution in [0.2, 0.25) is 0 Å². The van der Waals surface area contributed by atoms with Gasteiger partial charge in [-0.05, 0) is 30.5 Å². The molecule has 0 aliphatic carbocycles. The molecule has 0 bridgehead atoms. The number of ether oxygens (including phenoxy) is 1. The highest BCUT2D eigenvalue weighted by atomic mass is 16.5. The number of benzene rings is 2. The average Bonchev–Trinajstić information content (AvgIpc) is 2.76. The van der Waals surface area contributed by atoms with E-state index in [1.165, 1.54) is 5.56 Å². The van der Waals surface area contributed by atoms with E-state index in [0.29, 0.717) is 12.1 Å². The maximum atomic E-state index is 12.5. The summed E-state index contributed by atoms with van der Waals surface area (Å²) in [5.74, 6) is 0.598. The lowest BCUT2D eigenvalue weighted by Crippen LogP contribution is -2.23. The fourth-order valence-corrected chi connectivity index (χ4v) is 2.96. The molecule has 5 nitrogen and oxygen atoms in total. The molecule has 3 aromatic rings. The number of para-hydroxylation sites is 1. The zero-order valence-electron chi connectivity index (χ0n) is 16.0. The van der Waals surface area contributed by atoms with E-state index < -0.39 is 0 Å². The number of amides is 1. The summed E-state index contributed by atoms with van der Waals surface area (Å²) in [6, 6.07) is 19.9. The minimum absolute atomic E-state index is 0.161. The van der Waals surface area contributed by atoms with Crippen molar-refractivity contribution in [2.45, 2.75) is 19.4 Å². The largest absolute Gasteiger partial charge is 0.496 e. The summed E-state index contributed by atoms with van der Waals surface area (Å²) in [6.45, 7) is 1.22. The van der Waals surface area contributed by atoms with E-state index >= 15 is 0 Å². The Kier molecular flexibility index (Phi) is 7.01. The Morgan fingerprint density at radius 3 is 2.64 bits per heavy atom. The van der Waals surface area contributed by atoms with Crippen molar-refractivity contribution >= 4 is 11.6 Å². The second kappa shape index (κ2) is 10.1. The summed E-state index contributed by atoms with van der Waals surface area (Å²) in [5.41, 5.74) is 3.63. The third-order valence-corrected chi connectivity index (χ3v) is 4.45. The first-order valence-corrected chi connectivity index (χ1v) is 9.39. The minimum atomic E-state index is -0.161. The predicted molar refractivity (Wildman–Crippen MR) is 112 cm³/mol. The van der Waals surface area contributed by atoms with Crippen LogP contribution in [0.4, 0.5) is 5.69 Å². The molecule has 0 spiro atoms.